The van der Waals surface area contributed by atoms with Crippen molar-refractivity contribution in [3.8, 4) is 0 Å². The van der Waals surface area contributed by atoms with Crippen LogP contribution in [-0.2, 0) is 9.53 Å². The van der Waals surface area contributed by atoms with Crippen LogP contribution in [0, 0.1) is 5.82 Å². The maximum atomic E-state index is 12.9. The molecule has 1 N–H and O–H groups in total. The third-order valence-corrected chi connectivity index (χ3v) is 3.27. The van der Waals surface area contributed by atoms with E-state index in [0.29, 0.717) is 13.0 Å². The molecular weight excluding hydrogens is 257 g/mol. The van der Waals surface area contributed by atoms with Gasteiger partial charge in [-0.1, -0.05) is 26.2 Å². The highest BCUT2D eigenvalue weighted by Gasteiger charge is 2.34. The van der Waals surface area contributed by atoms with Crippen molar-refractivity contribution in [3.05, 3.63) is 30.1 Å². The number of anilines is 1. The van der Waals surface area contributed by atoms with Gasteiger partial charge in [0.05, 0.1) is 6.61 Å². The number of halogens is 1. The SMILES string of the molecule is CCCCCC(C)(Nc1ccc(F)cc1)C(=O)OCC. The topological polar surface area (TPSA) is 38.3 Å². The van der Waals surface area contributed by atoms with Crippen molar-refractivity contribution in [2.45, 2.75) is 52.0 Å². The Labute approximate surface area is 120 Å². The smallest absolute Gasteiger partial charge is 0.331 e. The van der Waals surface area contributed by atoms with Gasteiger partial charge in [0.1, 0.15) is 11.4 Å². The molecule has 0 radical (unpaired) electrons. The van der Waals surface area contributed by atoms with Gasteiger partial charge in [-0.3, -0.25) is 0 Å². The molecule has 1 unspecified atom stereocenters. The van der Waals surface area contributed by atoms with E-state index in [1.807, 2.05) is 6.92 Å². The van der Waals surface area contributed by atoms with Crippen LogP contribution >= 0.6 is 0 Å². The molecule has 20 heavy (non-hydrogen) atoms. The van der Waals surface area contributed by atoms with E-state index in [4.69, 9.17) is 4.74 Å². The Bertz CT molecular complexity index is 419. The minimum absolute atomic E-state index is 0.263. The first-order valence-corrected chi connectivity index (χ1v) is 7.23. The number of carbonyl (C=O) groups is 1. The van der Waals surface area contributed by atoms with E-state index in [1.165, 1.54) is 12.1 Å². The van der Waals surface area contributed by atoms with Crippen LogP contribution in [0.15, 0.2) is 24.3 Å². The Balaban J connectivity index is 2.80. The van der Waals surface area contributed by atoms with Crippen LogP contribution < -0.4 is 5.32 Å². The number of rotatable bonds is 8. The summed E-state index contributed by atoms with van der Waals surface area (Å²) >= 11 is 0. The van der Waals surface area contributed by atoms with Gasteiger partial charge in [0.15, 0.2) is 0 Å². The Morgan fingerprint density at radius 2 is 1.90 bits per heavy atom. The van der Waals surface area contributed by atoms with Crippen molar-refractivity contribution >= 4 is 11.7 Å². The van der Waals surface area contributed by atoms with Gasteiger partial charge in [-0.25, -0.2) is 9.18 Å². The van der Waals surface area contributed by atoms with Gasteiger partial charge < -0.3 is 10.1 Å². The molecule has 1 aromatic rings. The molecule has 0 heterocycles. The lowest BCUT2D eigenvalue weighted by molar-refractivity contribution is -0.148. The number of hydrogen-bond acceptors (Lipinski definition) is 3. The van der Waals surface area contributed by atoms with Gasteiger partial charge in [-0.05, 0) is 44.5 Å². The van der Waals surface area contributed by atoms with Crippen LogP contribution in [0.3, 0.4) is 0 Å². The van der Waals surface area contributed by atoms with E-state index in [0.717, 1.165) is 24.9 Å². The van der Waals surface area contributed by atoms with Crippen molar-refractivity contribution in [2.75, 3.05) is 11.9 Å². The Morgan fingerprint density at radius 3 is 2.45 bits per heavy atom. The molecular formula is C16H24FNO2. The molecule has 0 bridgehead atoms. The Morgan fingerprint density at radius 1 is 1.25 bits per heavy atom. The minimum atomic E-state index is -0.775. The molecule has 112 valence electrons. The van der Waals surface area contributed by atoms with E-state index in [2.05, 4.69) is 12.2 Å². The minimum Gasteiger partial charge on any atom is -0.464 e. The second-order valence-electron chi connectivity index (χ2n) is 5.14. The van der Waals surface area contributed by atoms with Crippen molar-refractivity contribution < 1.29 is 13.9 Å². The summed E-state index contributed by atoms with van der Waals surface area (Å²) in [6.07, 6.45) is 3.80. The molecule has 0 fully saturated rings. The van der Waals surface area contributed by atoms with Crippen molar-refractivity contribution in [3.63, 3.8) is 0 Å². The molecule has 3 nitrogen and oxygen atoms in total. The summed E-state index contributed by atoms with van der Waals surface area (Å²) in [4.78, 5) is 12.2. The second kappa shape index (κ2) is 7.88. The van der Waals surface area contributed by atoms with Gasteiger partial charge in [-0.15, -0.1) is 0 Å². The summed E-state index contributed by atoms with van der Waals surface area (Å²) in [6, 6.07) is 6.01. The normalized spacial score (nSPS) is 13.6. The first-order chi connectivity index (χ1) is 9.51. The third-order valence-electron chi connectivity index (χ3n) is 3.27. The largest absolute Gasteiger partial charge is 0.464 e. The second-order valence-corrected chi connectivity index (χ2v) is 5.14. The van der Waals surface area contributed by atoms with Gasteiger partial charge in [0.2, 0.25) is 0 Å². The highest BCUT2D eigenvalue weighted by Crippen LogP contribution is 2.23. The fourth-order valence-electron chi connectivity index (χ4n) is 2.09. The zero-order chi connectivity index (χ0) is 15.0. The van der Waals surface area contributed by atoms with Crippen LogP contribution in [0.2, 0.25) is 0 Å². The van der Waals surface area contributed by atoms with E-state index >= 15 is 0 Å². The van der Waals surface area contributed by atoms with Gasteiger partial charge in [0.25, 0.3) is 0 Å². The highest BCUT2D eigenvalue weighted by atomic mass is 19.1. The lowest BCUT2D eigenvalue weighted by atomic mass is 9.94. The van der Waals surface area contributed by atoms with E-state index in [9.17, 15) is 9.18 Å². The van der Waals surface area contributed by atoms with E-state index in [1.54, 1.807) is 19.1 Å². The molecule has 1 aromatic carbocycles. The maximum absolute atomic E-state index is 12.9. The fraction of sp³-hybridized carbons (Fsp3) is 0.562. The van der Waals surface area contributed by atoms with Crippen LogP contribution in [0.4, 0.5) is 10.1 Å². The number of esters is 1. The highest BCUT2D eigenvalue weighted by molar-refractivity contribution is 5.84. The standard InChI is InChI=1S/C16H24FNO2/c1-4-6-7-12-16(3,15(19)20-5-2)18-14-10-8-13(17)9-11-14/h8-11,18H,4-7,12H2,1-3H3. The molecule has 4 heteroatoms. The summed E-state index contributed by atoms with van der Waals surface area (Å²) in [5.41, 5.74) is -0.0540. The van der Waals surface area contributed by atoms with Crippen molar-refractivity contribution in [2.24, 2.45) is 0 Å². The quantitative estimate of drug-likeness (QED) is 0.575. The van der Waals surface area contributed by atoms with Crippen molar-refractivity contribution in [1.29, 1.82) is 0 Å². The average molecular weight is 281 g/mol. The van der Waals surface area contributed by atoms with Gasteiger partial charge >= 0.3 is 5.97 Å². The fourth-order valence-corrected chi connectivity index (χ4v) is 2.09. The third kappa shape index (κ3) is 4.83. The molecule has 0 aliphatic rings. The zero-order valence-electron chi connectivity index (χ0n) is 12.5. The summed E-state index contributed by atoms with van der Waals surface area (Å²) in [6.45, 7) is 6.11. The summed E-state index contributed by atoms with van der Waals surface area (Å²) < 4.78 is 18.1. The first-order valence-electron chi connectivity index (χ1n) is 7.23. The molecule has 0 aromatic heterocycles. The van der Waals surface area contributed by atoms with E-state index in [-0.39, 0.29) is 11.8 Å². The number of unbranched alkanes of at least 4 members (excludes halogenated alkanes) is 2. The number of benzene rings is 1. The molecule has 0 amide bonds. The molecule has 1 atom stereocenters. The monoisotopic (exact) mass is 281 g/mol. The van der Waals surface area contributed by atoms with Crippen LogP contribution in [0.25, 0.3) is 0 Å². The summed E-state index contributed by atoms with van der Waals surface area (Å²) in [5.74, 6) is -0.556. The van der Waals surface area contributed by atoms with E-state index < -0.39 is 5.54 Å². The maximum Gasteiger partial charge on any atom is 0.331 e. The van der Waals surface area contributed by atoms with Crippen LogP contribution in [-0.4, -0.2) is 18.1 Å². The number of carbonyl (C=O) groups excluding carboxylic acids is 1. The zero-order valence-corrected chi connectivity index (χ0v) is 12.5. The molecule has 0 saturated carbocycles. The number of nitrogens with one attached hydrogen (secondary N) is 1. The van der Waals surface area contributed by atoms with Gasteiger partial charge in [-0.2, -0.15) is 0 Å². The number of ether oxygens (including phenoxy) is 1. The summed E-state index contributed by atoms with van der Waals surface area (Å²) in [7, 11) is 0. The predicted molar refractivity (Wildman–Crippen MR) is 79.2 cm³/mol. The molecule has 0 aliphatic heterocycles. The number of hydrogen-bond donors (Lipinski definition) is 1. The summed E-state index contributed by atoms with van der Waals surface area (Å²) in [5, 5.41) is 3.18. The Kier molecular flexibility index (Phi) is 6.49. The lowest BCUT2D eigenvalue weighted by Crippen LogP contribution is -2.44. The molecule has 0 saturated heterocycles. The first kappa shape index (κ1) is 16.5. The molecule has 0 aliphatic carbocycles. The molecule has 0 spiro atoms. The Hall–Kier alpha value is -1.58. The van der Waals surface area contributed by atoms with Crippen LogP contribution in [0.1, 0.15) is 46.5 Å². The molecule has 1 rings (SSSR count). The predicted octanol–water partition coefficient (Wildman–Crippen LogP) is 4.14. The van der Waals surface area contributed by atoms with Gasteiger partial charge in [0, 0.05) is 5.69 Å². The average Bonchev–Trinajstić information content (AvgIpc) is 2.42. The van der Waals surface area contributed by atoms with Crippen LogP contribution in [0.5, 0.6) is 0 Å². The lowest BCUT2D eigenvalue weighted by Gasteiger charge is -2.29. The van der Waals surface area contributed by atoms with Crippen molar-refractivity contribution in [1.82, 2.24) is 0 Å².